The Hall–Kier alpha value is -0.900. The highest BCUT2D eigenvalue weighted by Gasteiger charge is 2.25. The number of hydrogen-bond acceptors (Lipinski definition) is 3. The second-order valence-corrected chi connectivity index (χ2v) is 4.92. The first-order valence-electron chi connectivity index (χ1n) is 6.23. The molecule has 0 saturated carbocycles. The van der Waals surface area contributed by atoms with Crippen LogP contribution in [0.5, 0.6) is 0 Å². The number of aliphatic hydroxyl groups is 1. The Labute approximate surface area is 103 Å². The van der Waals surface area contributed by atoms with Gasteiger partial charge in [-0.05, 0) is 24.9 Å². The molecule has 1 aliphatic heterocycles. The largest absolute Gasteiger partial charge is 0.396 e. The summed E-state index contributed by atoms with van der Waals surface area (Å²) in [4.78, 5) is 2.24. The lowest BCUT2D eigenvalue weighted by Crippen LogP contribution is -2.43. The third-order valence-corrected chi connectivity index (χ3v) is 3.27. The summed E-state index contributed by atoms with van der Waals surface area (Å²) in [6, 6.07) is 10.2. The number of likely N-dealkylation sites (N-methyl/N-ethyl adjacent to an activating group) is 1. The normalized spacial score (nSPS) is 26.0. The number of benzene rings is 1. The smallest absolute Gasteiger partial charge is 0.0721 e. The Morgan fingerprint density at radius 1 is 1.29 bits per heavy atom. The van der Waals surface area contributed by atoms with Crippen LogP contribution in [0.4, 0.5) is 0 Å². The topological polar surface area (TPSA) is 32.7 Å². The molecule has 1 aromatic rings. The Bertz CT molecular complexity index is 328. The summed E-state index contributed by atoms with van der Waals surface area (Å²) in [6.07, 6.45) is 1.21. The highest BCUT2D eigenvalue weighted by atomic mass is 16.5. The molecule has 1 N–H and O–H groups in total. The summed E-state index contributed by atoms with van der Waals surface area (Å²) >= 11 is 0. The van der Waals surface area contributed by atoms with Gasteiger partial charge in [-0.3, -0.25) is 0 Å². The number of nitrogens with zero attached hydrogens (tertiary/aromatic N) is 1. The predicted octanol–water partition coefficient (Wildman–Crippen LogP) is 1.52. The molecule has 3 heteroatoms. The van der Waals surface area contributed by atoms with Gasteiger partial charge in [0.05, 0.1) is 12.7 Å². The van der Waals surface area contributed by atoms with Gasteiger partial charge in [0.15, 0.2) is 0 Å². The molecule has 1 aromatic carbocycles. The number of likely N-dealkylation sites (tertiary alicyclic amines) is 1. The second-order valence-electron chi connectivity index (χ2n) is 4.92. The SMILES string of the molecule is CN1CC(CO)CC(OCc2ccccc2)C1. The molecule has 1 aliphatic rings. The van der Waals surface area contributed by atoms with Crippen LogP contribution in [-0.2, 0) is 11.3 Å². The van der Waals surface area contributed by atoms with Crippen molar-refractivity contribution in [2.24, 2.45) is 5.92 Å². The molecule has 0 aromatic heterocycles. The molecule has 1 saturated heterocycles. The van der Waals surface area contributed by atoms with Crippen LogP contribution >= 0.6 is 0 Å². The molecule has 3 nitrogen and oxygen atoms in total. The number of hydrogen-bond donors (Lipinski definition) is 1. The van der Waals surface area contributed by atoms with Crippen molar-refractivity contribution in [2.75, 3.05) is 26.7 Å². The molecule has 1 heterocycles. The first-order chi connectivity index (χ1) is 8.28. The molecular formula is C14H21NO2. The third kappa shape index (κ3) is 3.80. The van der Waals surface area contributed by atoms with E-state index in [2.05, 4.69) is 24.1 Å². The highest BCUT2D eigenvalue weighted by molar-refractivity contribution is 5.13. The van der Waals surface area contributed by atoms with Crippen LogP contribution in [0.15, 0.2) is 30.3 Å². The lowest BCUT2D eigenvalue weighted by atomic mass is 9.97. The lowest BCUT2D eigenvalue weighted by Gasteiger charge is -2.34. The molecule has 2 rings (SSSR count). The average Bonchev–Trinajstić information content (AvgIpc) is 2.37. The van der Waals surface area contributed by atoms with E-state index in [-0.39, 0.29) is 12.7 Å². The Kier molecular flexibility index (Phi) is 4.54. The van der Waals surface area contributed by atoms with Crippen LogP contribution in [0.2, 0.25) is 0 Å². The zero-order valence-corrected chi connectivity index (χ0v) is 10.4. The maximum absolute atomic E-state index is 9.23. The summed E-state index contributed by atoms with van der Waals surface area (Å²) in [5.41, 5.74) is 1.21. The van der Waals surface area contributed by atoms with Gasteiger partial charge in [0.2, 0.25) is 0 Å². The maximum atomic E-state index is 9.23. The van der Waals surface area contributed by atoms with Gasteiger partial charge < -0.3 is 14.7 Å². The zero-order chi connectivity index (χ0) is 12.1. The molecule has 0 amide bonds. The summed E-state index contributed by atoms with van der Waals surface area (Å²) < 4.78 is 5.92. The monoisotopic (exact) mass is 235 g/mol. The van der Waals surface area contributed by atoms with E-state index in [9.17, 15) is 5.11 Å². The standard InChI is InChI=1S/C14H21NO2/c1-15-8-13(10-16)7-14(9-15)17-11-12-5-3-2-4-6-12/h2-6,13-14,16H,7-11H2,1H3. The van der Waals surface area contributed by atoms with Crippen molar-refractivity contribution < 1.29 is 9.84 Å². The highest BCUT2D eigenvalue weighted by Crippen LogP contribution is 2.18. The fourth-order valence-corrected chi connectivity index (χ4v) is 2.43. The van der Waals surface area contributed by atoms with E-state index < -0.39 is 0 Å². The van der Waals surface area contributed by atoms with Crippen molar-refractivity contribution in [1.82, 2.24) is 4.90 Å². The number of ether oxygens (including phenoxy) is 1. The summed E-state index contributed by atoms with van der Waals surface area (Å²) in [5.74, 6) is 0.356. The van der Waals surface area contributed by atoms with Gasteiger partial charge in [0.25, 0.3) is 0 Å². The van der Waals surface area contributed by atoms with Crippen LogP contribution in [-0.4, -0.2) is 42.9 Å². The molecule has 0 bridgehead atoms. The molecule has 0 radical (unpaired) electrons. The van der Waals surface area contributed by atoms with Gasteiger partial charge in [0.1, 0.15) is 0 Å². The van der Waals surface area contributed by atoms with Crippen molar-refractivity contribution in [1.29, 1.82) is 0 Å². The molecule has 17 heavy (non-hydrogen) atoms. The van der Waals surface area contributed by atoms with Crippen molar-refractivity contribution in [3.05, 3.63) is 35.9 Å². The second kappa shape index (κ2) is 6.15. The summed E-state index contributed by atoms with van der Waals surface area (Å²) in [5, 5.41) is 9.23. The van der Waals surface area contributed by atoms with Crippen molar-refractivity contribution in [3.8, 4) is 0 Å². The van der Waals surface area contributed by atoms with E-state index >= 15 is 0 Å². The molecule has 2 atom stereocenters. The van der Waals surface area contributed by atoms with E-state index in [0.29, 0.717) is 12.5 Å². The van der Waals surface area contributed by atoms with Crippen molar-refractivity contribution in [2.45, 2.75) is 19.1 Å². The molecule has 0 aliphatic carbocycles. The van der Waals surface area contributed by atoms with Gasteiger partial charge in [-0.2, -0.15) is 0 Å². The summed E-state index contributed by atoms with van der Waals surface area (Å²) in [7, 11) is 2.08. The zero-order valence-electron chi connectivity index (χ0n) is 10.4. The van der Waals surface area contributed by atoms with Gasteiger partial charge in [-0.25, -0.2) is 0 Å². The molecule has 2 unspecified atom stereocenters. The van der Waals surface area contributed by atoms with E-state index in [0.717, 1.165) is 19.5 Å². The first kappa shape index (κ1) is 12.6. The predicted molar refractivity (Wildman–Crippen MR) is 67.7 cm³/mol. The Morgan fingerprint density at radius 2 is 2.06 bits per heavy atom. The van der Waals surface area contributed by atoms with E-state index in [4.69, 9.17) is 4.74 Å². The third-order valence-electron chi connectivity index (χ3n) is 3.27. The molecule has 1 fully saturated rings. The minimum absolute atomic E-state index is 0.242. The number of aliphatic hydroxyl groups excluding tert-OH is 1. The summed E-state index contributed by atoms with van der Waals surface area (Å²) in [6.45, 7) is 2.86. The van der Waals surface area contributed by atoms with Gasteiger partial charge in [0, 0.05) is 19.7 Å². The van der Waals surface area contributed by atoms with Crippen LogP contribution < -0.4 is 0 Å². The van der Waals surface area contributed by atoms with Crippen LogP contribution in [0.3, 0.4) is 0 Å². The lowest BCUT2D eigenvalue weighted by molar-refractivity contribution is -0.0303. The molecule has 94 valence electrons. The fraction of sp³-hybridized carbons (Fsp3) is 0.571. The Morgan fingerprint density at radius 3 is 2.76 bits per heavy atom. The number of piperidine rings is 1. The van der Waals surface area contributed by atoms with Gasteiger partial charge in [-0.1, -0.05) is 30.3 Å². The van der Waals surface area contributed by atoms with Gasteiger partial charge >= 0.3 is 0 Å². The average molecular weight is 235 g/mol. The molecular weight excluding hydrogens is 214 g/mol. The van der Waals surface area contributed by atoms with Crippen LogP contribution in [0, 0.1) is 5.92 Å². The quantitative estimate of drug-likeness (QED) is 0.859. The van der Waals surface area contributed by atoms with E-state index in [1.165, 1.54) is 5.56 Å². The van der Waals surface area contributed by atoms with Crippen LogP contribution in [0.25, 0.3) is 0 Å². The Balaban J connectivity index is 1.82. The van der Waals surface area contributed by atoms with E-state index in [1.807, 2.05) is 18.2 Å². The maximum Gasteiger partial charge on any atom is 0.0721 e. The van der Waals surface area contributed by atoms with Crippen molar-refractivity contribution in [3.63, 3.8) is 0 Å². The molecule has 0 spiro atoms. The fourth-order valence-electron chi connectivity index (χ4n) is 2.43. The van der Waals surface area contributed by atoms with E-state index in [1.54, 1.807) is 0 Å². The first-order valence-corrected chi connectivity index (χ1v) is 6.23. The number of rotatable bonds is 4. The van der Waals surface area contributed by atoms with Crippen LogP contribution in [0.1, 0.15) is 12.0 Å². The van der Waals surface area contributed by atoms with Gasteiger partial charge in [-0.15, -0.1) is 0 Å². The van der Waals surface area contributed by atoms with Crippen molar-refractivity contribution >= 4 is 0 Å². The minimum atomic E-state index is 0.242. The minimum Gasteiger partial charge on any atom is -0.396 e.